The average molecular weight is 342 g/mol. The van der Waals surface area contributed by atoms with Gasteiger partial charge in [0, 0.05) is 30.1 Å². The third-order valence-electron chi connectivity index (χ3n) is 5.15. The van der Waals surface area contributed by atoms with Crippen LogP contribution in [0, 0.1) is 11.7 Å². The number of hydrogen-bond acceptors (Lipinski definition) is 3. The predicted molar refractivity (Wildman–Crippen MR) is 89.9 cm³/mol. The number of pyridine rings is 1. The number of nitrogens with zero attached hydrogens (tertiary/aromatic N) is 2. The first-order chi connectivity index (χ1) is 12.0. The van der Waals surface area contributed by atoms with E-state index in [9.17, 15) is 14.0 Å². The van der Waals surface area contributed by atoms with Crippen LogP contribution < -0.4 is 0 Å². The number of piperidine rings is 1. The number of carbonyl (C=O) groups is 2. The van der Waals surface area contributed by atoms with E-state index < -0.39 is 17.7 Å². The van der Waals surface area contributed by atoms with Crippen molar-refractivity contribution in [2.24, 2.45) is 5.92 Å². The number of carbonyl (C=O) groups excluding carboxylic acids is 1. The molecule has 1 N–H and O–H groups in total. The highest BCUT2D eigenvalue weighted by Gasteiger charge is 2.30. The van der Waals surface area contributed by atoms with Crippen molar-refractivity contribution in [3.8, 4) is 0 Å². The molecule has 0 bridgehead atoms. The molecule has 0 atom stereocenters. The van der Waals surface area contributed by atoms with Crippen molar-refractivity contribution in [1.29, 1.82) is 0 Å². The third-order valence-corrected chi connectivity index (χ3v) is 5.15. The molecule has 2 fully saturated rings. The van der Waals surface area contributed by atoms with E-state index in [4.69, 9.17) is 5.11 Å². The Morgan fingerprint density at radius 1 is 1.12 bits per heavy atom. The zero-order valence-electron chi connectivity index (χ0n) is 13.7. The number of halogens is 1. The molecule has 130 valence electrons. The number of rotatable bonds is 3. The van der Waals surface area contributed by atoms with Gasteiger partial charge in [-0.1, -0.05) is 0 Å². The van der Waals surface area contributed by atoms with Gasteiger partial charge in [-0.2, -0.15) is 0 Å². The molecule has 2 aliphatic rings. The molecule has 25 heavy (non-hydrogen) atoms. The summed E-state index contributed by atoms with van der Waals surface area (Å²) in [6.07, 6.45) is 3.04. The number of amides is 1. The maximum Gasteiger partial charge on any atom is 0.306 e. The van der Waals surface area contributed by atoms with Crippen LogP contribution >= 0.6 is 0 Å². The predicted octanol–water partition coefficient (Wildman–Crippen LogP) is 3.19. The van der Waals surface area contributed by atoms with Crippen LogP contribution in [0.25, 0.3) is 10.9 Å². The van der Waals surface area contributed by atoms with E-state index in [-0.39, 0.29) is 5.91 Å². The van der Waals surface area contributed by atoms with Gasteiger partial charge in [0.2, 0.25) is 0 Å². The Bertz CT molecular complexity index is 855. The Hall–Kier alpha value is -2.50. The van der Waals surface area contributed by atoms with Crippen LogP contribution in [0.2, 0.25) is 0 Å². The fourth-order valence-electron chi connectivity index (χ4n) is 3.48. The first kappa shape index (κ1) is 16.0. The van der Waals surface area contributed by atoms with E-state index in [0.717, 1.165) is 18.5 Å². The quantitative estimate of drug-likeness (QED) is 0.930. The molecule has 5 nitrogen and oxygen atoms in total. The number of aliphatic carboxylic acids is 1. The topological polar surface area (TPSA) is 70.5 Å². The second kappa shape index (κ2) is 6.10. The maximum absolute atomic E-state index is 13.7. The Labute approximate surface area is 144 Å². The Morgan fingerprint density at radius 2 is 1.84 bits per heavy atom. The smallest absolute Gasteiger partial charge is 0.306 e. The fourth-order valence-corrected chi connectivity index (χ4v) is 3.48. The molecule has 4 rings (SSSR count). The van der Waals surface area contributed by atoms with Gasteiger partial charge < -0.3 is 10.0 Å². The second-order valence-corrected chi connectivity index (χ2v) is 6.94. The molecule has 0 radical (unpaired) electrons. The molecule has 1 aromatic carbocycles. The van der Waals surface area contributed by atoms with Crippen LogP contribution in [-0.2, 0) is 4.79 Å². The molecule has 1 aliphatic carbocycles. The largest absolute Gasteiger partial charge is 0.481 e. The monoisotopic (exact) mass is 342 g/mol. The van der Waals surface area contributed by atoms with Gasteiger partial charge >= 0.3 is 5.97 Å². The molecule has 1 aliphatic heterocycles. The molecule has 6 heteroatoms. The zero-order chi connectivity index (χ0) is 17.6. The number of fused-ring (bicyclic) bond motifs is 1. The van der Waals surface area contributed by atoms with Crippen LogP contribution in [0.1, 0.15) is 47.7 Å². The van der Waals surface area contributed by atoms with Crippen molar-refractivity contribution >= 4 is 22.8 Å². The lowest BCUT2D eigenvalue weighted by Crippen LogP contribution is -2.40. The molecule has 2 heterocycles. The van der Waals surface area contributed by atoms with Crippen molar-refractivity contribution in [2.45, 2.75) is 31.6 Å². The highest BCUT2D eigenvalue weighted by atomic mass is 19.1. The summed E-state index contributed by atoms with van der Waals surface area (Å²) in [6.45, 7) is 0.821. The van der Waals surface area contributed by atoms with Gasteiger partial charge in [0.25, 0.3) is 5.91 Å². The number of likely N-dealkylation sites (tertiary alicyclic amines) is 1. The summed E-state index contributed by atoms with van der Waals surface area (Å²) in [6, 6.07) is 6.13. The first-order valence-corrected chi connectivity index (χ1v) is 8.65. The standard InChI is InChI=1S/C19H19FN2O3/c20-13-3-4-16-14(9-13)15(10-17(21-16)11-1-2-11)18(23)22-7-5-12(6-8-22)19(24)25/h3-4,9-12H,1-2,5-8H2,(H,24,25). The minimum absolute atomic E-state index is 0.163. The van der Waals surface area contributed by atoms with Gasteiger partial charge in [-0.05, 0) is 49.9 Å². The van der Waals surface area contributed by atoms with E-state index in [1.165, 1.54) is 12.1 Å². The Kier molecular flexibility index (Phi) is 3.90. The lowest BCUT2D eigenvalue weighted by atomic mass is 9.96. The van der Waals surface area contributed by atoms with Crippen LogP contribution in [0.4, 0.5) is 4.39 Å². The van der Waals surface area contributed by atoms with E-state index >= 15 is 0 Å². The molecular formula is C19H19FN2O3. The average Bonchev–Trinajstić information content (AvgIpc) is 3.45. The van der Waals surface area contributed by atoms with Crippen molar-refractivity contribution in [1.82, 2.24) is 9.88 Å². The molecule has 1 saturated carbocycles. The molecule has 1 amide bonds. The van der Waals surface area contributed by atoms with E-state index in [2.05, 4.69) is 4.98 Å². The second-order valence-electron chi connectivity index (χ2n) is 6.94. The van der Waals surface area contributed by atoms with E-state index in [1.54, 1.807) is 17.0 Å². The minimum Gasteiger partial charge on any atom is -0.481 e. The van der Waals surface area contributed by atoms with Gasteiger partial charge in [0.1, 0.15) is 5.82 Å². The van der Waals surface area contributed by atoms with Crippen LogP contribution in [0.5, 0.6) is 0 Å². The summed E-state index contributed by atoms with van der Waals surface area (Å²) in [5, 5.41) is 9.63. The Balaban J connectivity index is 1.68. The number of carboxylic acids is 1. The number of hydrogen-bond donors (Lipinski definition) is 1. The molecule has 1 saturated heterocycles. The summed E-state index contributed by atoms with van der Waals surface area (Å²) in [4.78, 5) is 30.4. The summed E-state index contributed by atoms with van der Waals surface area (Å²) in [5.41, 5.74) is 2.00. The van der Waals surface area contributed by atoms with Gasteiger partial charge in [0.05, 0.1) is 17.0 Å². The van der Waals surface area contributed by atoms with Gasteiger partial charge in [-0.3, -0.25) is 14.6 Å². The van der Waals surface area contributed by atoms with Gasteiger partial charge in [-0.15, -0.1) is 0 Å². The third kappa shape index (κ3) is 3.08. The molecule has 2 aromatic rings. The van der Waals surface area contributed by atoms with Crippen LogP contribution in [-0.4, -0.2) is 40.0 Å². The lowest BCUT2D eigenvalue weighted by Gasteiger charge is -2.30. The summed E-state index contributed by atoms with van der Waals surface area (Å²) in [5.74, 6) is -1.37. The molecular weight excluding hydrogens is 323 g/mol. The minimum atomic E-state index is -0.806. The highest BCUT2D eigenvalue weighted by molar-refractivity contribution is 6.06. The SMILES string of the molecule is O=C(O)C1CCN(C(=O)c2cc(C3CC3)nc3ccc(F)cc23)CC1. The summed E-state index contributed by atoms with van der Waals surface area (Å²) >= 11 is 0. The molecule has 1 aromatic heterocycles. The zero-order valence-corrected chi connectivity index (χ0v) is 13.7. The molecule has 0 spiro atoms. The normalized spacial score (nSPS) is 18.5. The van der Waals surface area contributed by atoms with Crippen molar-refractivity contribution in [3.63, 3.8) is 0 Å². The van der Waals surface area contributed by atoms with Crippen molar-refractivity contribution in [3.05, 3.63) is 41.3 Å². The van der Waals surface area contributed by atoms with Gasteiger partial charge in [0.15, 0.2) is 0 Å². The first-order valence-electron chi connectivity index (χ1n) is 8.65. The van der Waals surface area contributed by atoms with Crippen LogP contribution in [0.15, 0.2) is 24.3 Å². The van der Waals surface area contributed by atoms with E-state index in [1.807, 2.05) is 0 Å². The number of aromatic nitrogens is 1. The van der Waals surface area contributed by atoms with Gasteiger partial charge in [-0.25, -0.2) is 4.39 Å². The van der Waals surface area contributed by atoms with Crippen molar-refractivity contribution in [2.75, 3.05) is 13.1 Å². The summed E-state index contributed by atoms with van der Waals surface area (Å²) < 4.78 is 13.7. The maximum atomic E-state index is 13.7. The number of benzene rings is 1. The summed E-state index contributed by atoms with van der Waals surface area (Å²) in [7, 11) is 0. The van der Waals surface area contributed by atoms with Crippen LogP contribution in [0.3, 0.4) is 0 Å². The van der Waals surface area contributed by atoms with Crippen molar-refractivity contribution < 1.29 is 19.1 Å². The Morgan fingerprint density at radius 3 is 2.48 bits per heavy atom. The lowest BCUT2D eigenvalue weighted by molar-refractivity contribution is -0.143. The highest BCUT2D eigenvalue weighted by Crippen LogP contribution is 2.40. The number of carboxylic acid groups (broad SMARTS) is 1. The van der Waals surface area contributed by atoms with E-state index in [0.29, 0.717) is 48.3 Å². The fraction of sp³-hybridized carbons (Fsp3) is 0.421. The molecule has 0 unspecified atom stereocenters.